The maximum Gasteiger partial charge on any atom is 0.309 e. The summed E-state index contributed by atoms with van der Waals surface area (Å²) in [6.07, 6.45) is 5.69. The molecule has 1 unspecified atom stereocenters. The number of carbonyl (C=O) groups excluding carboxylic acids is 1. The van der Waals surface area contributed by atoms with E-state index in [2.05, 4.69) is 36.0 Å². The van der Waals surface area contributed by atoms with E-state index in [1.165, 1.54) is 30.5 Å². The highest BCUT2D eigenvalue weighted by Crippen LogP contribution is 2.61. The minimum Gasteiger partial charge on any atom is -0.497 e. The van der Waals surface area contributed by atoms with Crippen LogP contribution in [0.15, 0.2) is 52.5 Å². The van der Waals surface area contributed by atoms with Crippen LogP contribution in [0.2, 0.25) is 0 Å². The largest absolute Gasteiger partial charge is 0.497 e. The molecule has 3 saturated carbocycles. The molecular formula is C36H46FN5O4. The van der Waals surface area contributed by atoms with Gasteiger partial charge in [-0.25, -0.2) is 14.4 Å². The van der Waals surface area contributed by atoms with Crippen molar-refractivity contribution in [1.82, 2.24) is 14.5 Å². The Balaban J connectivity index is 1.21. The number of piperidine rings is 1. The minimum absolute atomic E-state index is 0.0900. The molecule has 7 rings (SSSR count). The zero-order chi connectivity index (χ0) is 32.6. The molecular weight excluding hydrogens is 585 g/mol. The van der Waals surface area contributed by atoms with Crippen LogP contribution in [0, 0.1) is 34.9 Å². The molecule has 9 nitrogen and oxygen atoms in total. The fourth-order valence-corrected chi connectivity index (χ4v) is 7.85. The number of guanidine groups is 1. The third kappa shape index (κ3) is 6.22. The van der Waals surface area contributed by atoms with Crippen LogP contribution in [0.3, 0.4) is 0 Å². The third-order valence-corrected chi connectivity index (χ3v) is 11.0. The highest BCUT2D eigenvalue weighted by Gasteiger charge is 2.56. The number of ether oxygens (including phenoxy) is 2. The van der Waals surface area contributed by atoms with Gasteiger partial charge in [0.1, 0.15) is 11.6 Å². The van der Waals surface area contributed by atoms with Crippen molar-refractivity contribution in [2.75, 3.05) is 32.1 Å². The number of nitrogens with zero attached hydrogens (tertiary/aromatic N) is 4. The normalized spacial score (nSPS) is 24.4. The van der Waals surface area contributed by atoms with E-state index < -0.39 is 0 Å². The highest BCUT2D eigenvalue weighted by molar-refractivity contribution is 5.96. The number of aliphatic imine (C=N–C) groups is 1. The van der Waals surface area contributed by atoms with E-state index in [9.17, 15) is 14.0 Å². The Morgan fingerprint density at radius 1 is 1.15 bits per heavy atom. The summed E-state index contributed by atoms with van der Waals surface area (Å²) in [4.78, 5) is 38.0. The van der Waals surface area contributed by atoms with Gasteiger partial charge in [0.15, 0.2) is 5.96 Å². The Hall–Kier alpha value is -3.95. The molecule has 4 aliphatic rings. The number of aromatic nitrogens is 2. The number of fused-ring (bicyclic) bond motifs is 3. The summed E-state index contributed by atoms with van der Waals surface area (Å²) in [5.74, 6) is 2.55. The smallest absolute Gasteiger partial charge is 0.309 e. The molecule has 3 aromatic rings. The fraction of sp³-hybridized carbons (Fsp3) is 0.556. The zero-order valence-electron chi connectivity index (χ0n) is 27.6. The van der Waals surface area contributed by atoms with E-state index in [1.54, 1.807) is 18.2 Å². The summed E-state index contributed by atoms with van der Waals surface area (Å²) < 4.78 is 26.4. The second kappa shape index (κ2) is 13.0. The van der Waals surface area contributed by atoms with Gasteiger partial charge in [0.2, 0.25) is 0 Å². The van der Waals surface area contributed by atoms with Crippen molar-refractivity contribution in [1.29, 1.82) is 0 Å². The summed E-state index contributed by atoms with van der Waals surface area (Å²) in [7, 11) is 1.50. The van der Waals surface area contributed by atoms with Crippen LogP contribution in [0.1, 0.15) is 58.9 Å². The highest BCUT2D eigenvalue weighted by atomic mass is 19.1. The van der Waals surface area contributed by atoms with Crippen LogP contribution >= 0.6 is 0 Å². The monoisotopic (exact) mass is 631 g/mol. The van der Waals surface area contributed by atoms with E-state index in [-0.39, 0.29) is 29.3 Å². The summed E-state index contributed by atoms with van der Waals surface area (Å²) in [6, 6.07) is 10.5. The summed E-state index contributed by atoms with van der Waals surface area (Å²) in [5, 5.41) is 4.08. The van der Waals surface area contributed by atoms with Gasteiger partial charge >= 0.3 is 5.97 Å². The number of likely N-dealkylation sites (tertiary alicyclic amines) is 1. The Bertz CT molecular complexity index is 1680. The van der Waals surface area contributed by atoms with Gasteiger partial charge in [-0.3, -0.25) is 14.2 Å². The molecule has 10 heteroatoms. The van der Waals surface area contributed by atoms with Crippen molar-refractivity contribution < 1.29 is 18.7 Å². The summed E-state index contributed by atoms with van der Waals surface area (Å²) in [6.45, 7) is 11.1. The number of halogens is 1. The number of hydrogen-bond donors (Lipinski definition) is 1. The first-order chi connectivity index (χ1) is 22.1. The maximum atomic E-state index is 14.5. The van der Waals surface area contributed by atoms with Crippen LogP contribution in [-0.4, -0.2) is 59.2 Å². The van der Waals surface area contributed by atoms with Crippen LogP contribution in [0.5, 0.6) is 5.75 Å². The molecule has 0 radical (unpaired) electrons. The molecule has 3 aliphatic carbocycles. The number of nitrogens with one attached hydrogen (secondary N) is 1. The first-order valence-electron chi connectivity index (χ1n) is 16.7. The van der Waals surface area contributed by atoms with Gasteiger partial charge < -0.3 is 19.7 Å². The molecule has 246 valence electrons. The SMILES string of the molecule is CCOC(=O)C1CCN(C(=NC2C[C@H]3C[C@H]([C@H]2C)C3(C)C)Nc2ccc3c(=O)n(CCc4ccc(OC)cc4F)cnc3c2)CC1. The number of rotatable bonds is 8. The predicted octanol–water partition coefficient (Wildman–Crippen LogP) is 5.90. The topological polar surface area (TPSA) is 98.1 Å². The lowest BCUT2D eigenvalue weighted by Crippen LogP contribution is -2.56. The zero-order valence-corrected chi connectivity index (χ0v) is 27.6. The average Bonchev–Trinajstić information content (AvgIpc) is 3.05. The Labute approximate surface area is 270 Å². The standard InChI is InChI=1S/C36H46FN5O4/c1-6-46-34(44)24-12-14-41(15-13-24)35(40-31-18-25-17-29(22(31)2)36(25,3)4)39-26-8-10-28-32(19-26)38-21-42(33(28)43)16-11-23-7-9-27(45-5)20-30(23)37/h7-10,19-22,24-25,29,31H,6,11-18H2,1-5H3,(H,39,40)/t22-,25-,29-,31?/m1/s1. The van der Waals surface area contributed by atoms with Gasteiger partial charge in [-0.05, 0) is 92.0 Å². The lowest BCUT2D eigenvalue weighted by molar-refractivity contribution is -0.149. The van der Waals surface area contributed by atoms with Gasteiger partial charge in [0.25, 0.3) is 5.56 Å². The van der Waals surface area contributed by atoms with E-state index in [4.69, 9.17) is 14.5 Å². The number of esters is 1. The molecule has 0 amide bonds. The Morgan fingerprint density at radius 3 is 2.61 bits per heavy atom. The second-order valence-electron chi connectivity index (χ2n) is 13.8. The third-order valence-electron chi connectivity index (χ3n) is 11.0. The number of anilines is 1. The second-order valence-corrected chi connectivity index (χ2v) is 13.8. The van der Waals surface area contributed by atoms with Crippen molar-refractivity contribution in [3.8, 4) is 5.75 Å². The van der Waals surface area contributed by atoms with Crippen molar-refractivity contribution in [3.63, 3.8) is 0 Å². The van der Waals surface area contributed by atoms with Crippen molar-refractivity contribution in [3.05, 3.63) is 64.5 Å². The molecule has 1 saturated heterocycles. The number of aryl methyl sites for hydroxylation is 2. The van der Waals surface area contributed by atoms with Gasteiger partial charge in [-0.1, -0.05) is 26.8 Å². The lowest BCUT2D eigenvalue weighted by Gasteiger charge is -2.61. The molecule has 1 aromatic heterocycles. The fourth-order valence-electron chi connectivity index (χ4n) is 7.85. The van der Waals surface area contributed by atoms with Crippen molar-refractivity contribution >= 4 is 28.5 Å². The van der Waals surface area contributed by atoms with E-state index in [1.807, 2.05) is 19.1 Å². The van der Waals surface area contributed by atoms with Gasteiger partial charge in [-0.15, -0.1) is 0 Å². The average molecular weight is 632 g/mol. The van der Waals surface area contributed by atoms with Crippen LogP contribution < -0.4 is 15.6 Å². The maximum absolute atomic E-state index is 14.5. The lowest BCUT2D eigenvalue weighted by atomic mass is 9.45. The van der Waals surface area contributed by atoms with Crippen molar-refractivity contribution in [2.24, 2.45) is 34.1 Å². The number of carbonyl (C=O) groups is 1. The molecule has 1 N–H and O–H groups in total. The minimum atomic E-state index is -0.359. The molecule has 46 heavy (non-hydrogen) atoms. The van der Waals surface area contributed by atoms with Gasteiger partial charge in [0, 0.05) is 31.4 Å². The van der Waals surface area contributed by atoms with Crippen LogP contribution in [-0.2, 0) is 22.5 Å². The Morgan fingerprint density at radius 2 is 1.93 bits per heavy atom. The van der Waals surface area contributed by atoms with Crippen LogP contribution in [0.4, 0.5) is 10.1 Å². The molecule has 4 fully saturated rings. The number of methoxy groups -OCH3 is 1. The summed E-state index contributed by atoms with van der Waals surface area (Å²) in [5.41, 5.74) is 2.10. The quantitative estimate of drug-likeness (QED) is 0.188. The van der Waals surface area contributed by atoms with Crippen molar-refractivity contribution in [2.45, 2.75) is 72.4 Å². The van der Waals surface area contributed by atoms with E-state index in [0.29, 0.717) is 78.0 Å². The summed E-state index contributed by atoms with van der Waals surface area (Å²) >= 11 is 0. The molecule has 1 aliphatic heterocycles. The molecule has 2 bridgehead atoms. The Kier molecular flexibility index (Phi) is 9.08. The van der Waals surface area contributed by atoms with Gasteiger partial charge in [0.05, 0.1) is 42.9 Å². The number of hydrogen-bond acceptors (Lipinski definition) is 6. The predicted molar refractivity (Wildman–Crippen MR) is 178 cm³/mol. The van der Waals surface area contributed by atoms with E-state index in [0.717, 1.165) is 30.9 Å². The first-order valence-corrected chi connectivity index (χ1v) is 16.7. The molecule has 0 spiro atoms. The van der Waals surface area contributed by atoms with Gasteiger partial charge in [-0.2, -0.15) is 0 Å². The molecule has 2 heterocycles. The number of benzene rings is 2. The molecule has 4 atom stereocenters. The molecule has 2 aromatic carbocycles. The van der Waals surface area contributed by atoms with E-state index >= 15 is 0 Å². The van der Waals surface area contributed by atoms with Crippen LogP contribution in [0.25, 0.3) is 10.9 Å². The first kappa shape index (κ1) is 32.0.